The van der Waals surface area contributed by atoms with Gasteiger partial charge in [-0.25, -0.2) is 4.79 Å². The van der Waals surface area contributed by atoms with Crippen LogP contribution in [-0.2, 0) is 47.9 Å². The first-order valence-electron chi connectivity index (χ1n) is 24.7. The van der Waals surface area contributed by atoms with Crippen molar-refractivity contribution >= 4 is 59.1 Å². The third kappa shape index (κ3) is 19.0. The number of carboxylic acids is 1. The fourth-order valence-electron chi connectivity index (χ4n) is 8.46. The van der Waals surface area contributed by atoms with Crippen LogP contribution in [0.25, 0.3) is 0 Å². The molecule has 2 fully saturated rings. The highest BCUT2D eigenvalue weighted by atomic mass is 16.4. The predicted octanol–water partition coefficient (Wildman–Crippen LogP) is -2.84. The van der Waals surface area contributed by atoms with Gasteiger partial charge in [-0.05, 0) is 108 Å². The molecule has 0 radical (unpaired) electrons. The van der Waals surface area contributed by atoms with E-state index in [1.54, 1.807) is 27.7 Å². The van der Waals surface area contributed by atoms with Crippen molar-refractivity contribution in [3.05, 3.63) is 0 Å². The Morgan fingerprint density at radius 2 is 1.04 bits per heavy atom. The van der Waals surface area contributed by atoms with E-state index in [4.69, 9.17) is 22.9 Å². The second-order valence-corrected chi connectivity index (χ2v) is 19.4. The first-order chi connectivity index (χ1) is 33.0. The quantitative estimate of drug-likeness (QED) is 0.0312. The zero-order valence-corrected chi connectivity index (χ0v) is 41.8. The van der Waals surface area contributed by atoms with Crippen LogP contribution in [-0.4, -0.2) is 166 Å². The molecule has 9 atom stereocenters. The van der Waals surface area contributed by atoms with E-state index in [1.807, 2.05) is 13.8 Å². The summed E-state index contributed by atoms with van der Waals surface area (Å²) in [6.45, 7) is 10.9. The van der Waals surface area contributed by atoms with Crippen molar-refractivity contribution in [1.29, 1.82) is 0 Å². The molecule has 0 unspecified atom stereocenters. The van der Waals surface area contributed by atoms with Gasteiger partial charge >= 0.3 is 5.97 Å². The van der Waals surface area contributed by atoms with Crippen molar-refractivity contribution in [2.75, 3.05) is 32.8 Å². The van der Waals surface area contributed by atoms with Crippen molar-refractivity contribution in [1.82, 2.24) is 41.7 Å². The summed E-state index contributed by atoms with van der Waals surface area (Å²) < 4.78 is 0. The minimum absolute atomic E-state index is 0.0787. The van der Waals surface area contributed by atoms with Crippen molar-refractivity contribution < 1.29 is 58.2 Å². The molecule has 16 N–H and O–H groups in total. The van der Waals surface area contributed by atoms with Gasteiger partial charge in [-0.15, -0.1) is 0 Å². The number of rotatable bonds is 31. The number of hydrogen-bond acceptors (Lipinski definition) is 14. The molecule has 2 saturated heterocycles. The molecule has 398 valence electrons. The summed E-state index contributed by atoms with van der Waals surface area (Å²) >= 11 is 0. The highest BCUT2D eigenvalue weighted by Crippen LogP contribution is 2.24. The van der Waals surface area contributed by atoms with Gasteiger partial charge in [-0.2, -0.15) is 0 Å². The Balaban J connectivity index is 2.28. The molecule has 2 aliphatic rings. The average molecular weight is 995 g/mol. The van der Waals surface area contributed by atoms with E-state index in [9.17, 15) is 58.2 Å². The molecule has 24 heteroatoms. The smallest absolute Gasteiger partial charge is 0.326 e. The number of nitrogens with zero attached hydrogens (tertiary/aromatic N) is 2. The Morgan fingerprint density at radius 3 is 1.53 bits per heavy atom. The number of amides is 9. The molecule has 0 saturated carbocycles. The molecule has 0 aromatic carbocycles. The van der Waals surface area contributed by atoms with Gasteiger partial charge in [0.1, 0.15) is 54.4 Å². The molecule has 70 heavy (non-hydrogen) atoms. The number of unbranched alkanes of at least 4 members (excludes halogenated alkanes) is 2. The number of primary amides is 1. The van der Waals surface area contributed by atoms with Gasteiger partial charge in [0.15, 0.2) is 0 Å². The minimum Gasteiger partial charge on any atom is -0.480 e. The van der Waals surface area contributed by atoms with Crippen LogP contribution in [0.3, 0.4) is 0 Å². The molecule has 2 rings (SSSR count). The molecule has 24 nitrogen and oxygen atoms in total. The molecule has 0 bridgehead atoms. The monoisotopic (exact) mass is 995 g/mol. The number of carbonyl (C=O) groups excluding carboxylic acids is 9. The van der Waals surface area contributed by atoms with E-state index >= 15 is 0 Å². The molecule has 2 aliphatic heterocycles. The number of aliphatic hydroxyl groups excluding tert-OH is 1. The Bertz CT molecular complexity index is 1800. The topological polar surface area (TPSA) is 394 Å². The highest BCUT2D eigenvalue weighted by molar-refractivity contribution is 5.98. The van der Waals surface area contributed by atoms with Gasteiger partial charge in [0, 0.05) is 19.5 Å². The van der Waals surface area contributed by atoms with E-state index in [0.29, 0.717) is 51.6 Å². The van der Waals surface area contributed by atoms with Gasteiger partial charge in [0.25, 0.3) is 0 Å². The first-order valence-corrected chi connectivity index (χ1v) is 24.7. The lowest BCUT2D eigenvalue weighted by Gasteiger charge is -2.34. The van der Waals surface area contributed by atoms with Crippen LogP contribution >= 0.6 is 0 Å². The molecular formula is C46H82N12O12. The van der Waals surface area contributed by atoms with Gasteiger partial charge < -0.3 is 74.8 Å². The molecular weight excluding hydrogens is 913 g/mol. The van der Waals surface area contributed by atoms with Crippen LogP contribution in [0.2, 0.25) is 0 Å². The van der Waals surface area contributed by atoms with Crippen LogP contribution in [0.4, 0.5) is 0 Å². The summed E-state index contributed by atoms with van der Waals surface area (Å²) in [6, 6.07) is -10.5. The van der Waals surface area contributed by atoms with Crippen molar-refractivity contribution in [3.63, 3.8) is 0 Å². The zero-order valence-electron chi connectivity index (χ0n) is 41.8. The van der Waals surface area contributed by atoms with Crippen LogP contribution in [0.15, 0.2) is 0 Å². The molecule has 0 spiro atoms. The minimum atomic E-state index is -1.36. The number of likely N-dealkylation sites (tertiary alicyclic amines) is 2. The van der Waals surface area contributed by atoms with Crippen LogP contribution in [0.1, 0.15) is 125 Å². The fraction of sp³-hybridized carbons (Fsp3) is 0.783. The first kappa shape index (κ1) is 60.7. The molecule has 0 aliphatic carbocycles. The van der Waals surface area contributed by atoms with Crippen LogP contribution < -0.4 is 54.8 Å². The largest absolute Gasteiger partial charge is 0.480 e. The summed E-state index contributed by atoms with van der Waals surface area (Å²) in [7, 11) is 0. The third-order valence-corrected chi connectivity index (χ3v) is 12.5. The molecule has 0 aromatic heterocycles. The summed E-state index contributed by atoms with van der Waals surface area (Å²) in [5.74, 6) is -8.52. The van der Waals surface area contributed by atoms with Gasteiger partial charge in [0.05, 0.1) is 6.61 Å². The van der Waals surface area contributed by atoms with Gasteiger partial charge in [-0.3, -0.25) is 43.2 Å². The standard InChI is InChI=1S/C46H82N12O12/c1-25(2)23-32(54-43(66)36(26(3)4)55-40(63)29(13-7-9-19-47)51-38(61)28(49)24-59)44(67)57-21-11-16-34(57)42(65)56-37(27(5)6)45(68)58-22-12-15-33(58)41(64)52-30(17-18-35(50)60)39(62)53-31(46(69)70)14-8-10-20-48/h25-34,36-37,59H,7-24,47-49H2,1-6H3,(H2,50,60)(H,51,61)(H,52,64)(H,53,62)(H,54,66)(H,55,63)(H,56,65)(H,69,70)/t28-,29-,30-,31-,32-,33-,34-,36-,37-/m0/s1. The van der Waals surface area contributed by atoms with Crippen LogP contribution in [0.5, 0.6) is 0 Å². The Labute approximate surface area is 411 Å². The Morgan fingerprint density at radius 1 is 0.571 bits per heavy atom. The SMILES string of the molecule is CC(C)C[C@H](NC(=O)[C@@H](NC(=O)[C@H](CCCCN)NC(=O)[C@@H](N)CO)C(C)C)C(=O)N1CCC[C@H]1C(=O)N[C@H](C(=O)N1CCC[C@H]1C(=O)N[C@@H](CCC(N)=O)C(=O)N[C@@H](CCCCN)C(=O)O)C(C)C. The highest BCUT2D eigenvalue weighted by Gasteiger charge is 2.43. The second kappa shape index (κ2) is 30.3. The van der Waals surface area contributed by atoms with E-state index in [2.05, 4.69) is 31.9 Å². The average Bonchev–Trinajstić information content (AvgIpc) is 4.00. The number of carbonyl (C=O) groups is 10. The lowest BCUT2D eigenvalue weighted by molar-refractivity contribution is -0.146. The number of aliphatic carboxylic acids is 1. The Hall–Kier alpha value is -5.46. The molecule has 0 aromatic rings. The van der Waals surface area contributed by atoms with E-state index in [0.717, 1.165) is 0 Å². The normalized spacial score (nSPS) is 18.8. The van der Waals surface area contributed by atoms with E-state index in [-0.39, 0.29) is 64.0 Å². The van der Waals surface area contributed by atoms with Crippen molar-refractivity contribution in [2.45, 2.75) is 179 Å². The number of nitrogens with one attached hydrogen (secondary N) is 6. The predicted molar refractivity (Wildman–Crippen MR) is 257 cm³/mol. The Kier molecular flexibility index (Phi) is 26.3. The molecule has 2 heterocycles. The number of nitrogens with two attached hydrogens (primary N) is 4. The maximum Gasteiger partial charge on any atom is 0.326 e. The maximum absolute atomic E-state index is 14.4. The summed E-state index contributed by atoms with van der Waals surface area (Å²) in [5.41, 5.74) is 22.2. The summed E-state index contributed by atoms with van der Waals surface area (Å²) in [6.07, 6.45) is 3.17. The fourth-order valence-corrected chi connectivity index (χ4v) is 8.46. The molecule has 9 amide bonds. The van der Waals surface area contributed by atoms with E-state index in [1.165, 1.54) is 9.80 Å². The number of aliphatic hydroxyl groups is 1. The maximum atomic E-state index is 14.4. The van der Waals surface area contributed by atoms with Gasteiger partial charge in [0.2, 0.25) is 53.2 Å². The zero-order chi connectivity index (χ0) is 52.8. The summed E-state index contributed by atoms with van der Waals surface area (Å²) in [4.78, 5) is 137. The van der Waals surface area contributed by atoms with Crippen LogP contribution in [0, 0.1) is 17.8 Å². The van der Waals surface area contributed by atoms with Crippen molar-refractivity contribution in [3.8, 4) is 0 Å². The van der Waals surface area contributed by atoms with Gasteiger partial charge in [-0.1, -0.05) is 41.5 Å². The van der Waals surface area contributed by atoms with E-state index < -0.39 is 132 Å². The number of carboxylic acid groups (broad SMARTS) is 1. The van der Waals surface area contributed by atoms with Crippen molar-refractivity contribution in [2.24, 2.45) is 40.7 Å². The third-order valence-electron chi connectivity index (χ3n) is 12.5. The lowest BCUT2D eigenvalue weighted by Crippen LogP contribution is -2.61. The second-order valence-electron chi connectivity index (χ2n) is 19.4. The number of hydrogen-bond donors (Lipinski definition) is 12. The lowest BCUT2D eigenvalue weighted by atomic mass is 9.98. The summed E-state index contributed by atoms with van der Waals surface area (Å²) in [5, 5.41) is 35.0.